The Bertz CT molecular complexity index is 1210. The molecule has 0 spiro atoms. The molecule has 0 bridgehead atoms. The lowest BCUT2D eigenvalue weighted by Gasteiger charge is -2.32. The number of carbonyl (C=O) groups is 1. The van der Waals surface area contributed by atoms with Gasteiger partial charge in [0.05, 0.1) is 17.6 Å². The van der Waals surface area contributed by atoms with Crippen molar-refractivity contribution >= 4 is 28.9 Å². The number of ether oxygens (including phenoxy) is 2. The smallest absolute Gasteiger partial charge is 0.422 e. The van der Waals surface area contributed by atoms with E-state index in [4.69, 9.17) is 9.47 Å². The highest BCUT2D eigenvalue weighted by atomic mass is 32.2. The van der Waals surface area contributed by atoms with Crippen LogP contribution in [0.5, 0.6) is 5.88 Å². The molecule has 12 heteroatoms. The van der Waals surface area contributed by atoms with E-state index in [1.54, 1.807) is 30.3 Å². The van der Waals surface area contributed by atoms with Crippen LogP contribution in [0, 0.1) is 5.92 Å². The molecule has 0 radical (unpaired) electrons. The number of piperidine rings is 1. The van der Waals surface area contributed by atoms with Gasteiger partial charge in [-0.05, 0) is 57.9 Å². The van der Waals surface area contributed by atoms with Crippen LogP contribution in [0.25, 0.3) is 16.9 Å². The molecule has 1 aromatic carbocycles. The number of nitrogens with zero attached hydrogens (tertiary/aromatic N) is 5. The Hall–Kier alpha value is -2.99. The molecule has 1 aliphatic heterocycles. The number of amides is 1. The number of imidazole rings is 1. The van der Waals surface area contributed by atoms with E-state index < -0.39 is 18.1 Å². The van der Waals surface area contributed by atoms with Gasteiger partial charge < -0.3 is 9.47 Å². The molecule has 4 rings (SSSR count). The van der Waals surface area contributed by atoms with Crippen molar-refractivity contribution in [3.63, 3.8) is 0 Å². The number of para-hydroxylation sites is 2. The third kappa shape index (κ3) is 6.41. The molecule has 1 amide bonds. The van der Waals surface area contributed by atoms with E-state index in [-0.39, 0.29) is 17.6 Å². The molecule has 194 valence electrons. The van der Waals surface area contributed by atoms with E-state index in [9.17, 15) is 13.6 Å². The number of alkyl halides is 2. The van der Waals surface area contributed by atoms with Crippen LogP contribution in [0.4, 0.5) is 13.6 Å². The van der Waals surface area contributed by atoms with Crippen molar-refractivity contribution in [1.29, 1.82) is 0 Å². The van der Waals surface area contributed by atoms with Gasteiger partial charge in [0, 0.05) is 19.2 Å². The second kappa shape index (κ2) is 11.0. The summed E-state index contributed by atoms with van der Waals surface area (Å²) in [5.41, 5.74) is 3.22. The van der Waals surface area contributed by atoms with Gasteiger partial charge in [0.15, 0.2) is 11.0 Å². The van der Waals surface area contributed by atoms with Crippen LogP contribution < -0.4 is 10.2 Å². The Balaban J connectivity index is 1.44. The number of thioether (sulfide) groups is 1. The third-order valence-corrected chi connectivity index (χ3v) is 6.14. The molecule has 1 saturated heterocycles. The van der Waals surface area contributed by atoms with Gasteiger partial charge in [0.1, 0.15) is 11.4 Å². The number of carbonyl (C=O) groups excluding carboxylic acids is 1. The van der Waals surface area contributed by atoms with Crippen LogP contribution in [0.2, 0.25) is 0 Å². The minimum Gasteiger partial charge on any atom is -0.477 e. The fraction of sp³-hybridized carbons (Fsp3) is 0.500. The number of nitrogens with one attached hydrogen (secondary N) is 1. The molecule has 1 N–H and O–H groups in total. The standard InChI is InChI=1S/C24H30F2N6O3S/c1-24(2,3)35-23(33)30-31-11-9-15(10-12-31)14-34-19-13-18(28-22(29-19)36-4)32-17-8-6-5-7-16(17)27-21(32)20(25)26/h5-8,13,15,20H,9-12,14H2,1-4H3,(H,30,33). The van der Waals surface area contributed by atoms with Gasteiger partial charge in [-0.25, -0.2) is 28.6 Å². The summed E-state index contributed by atoms with van der Waals surface area (Å²) in [5.74, 6) is 0.475. The monoisotopic (exact) mass is 520 g/mol. The zero-order chi connectivity index (χ0) is 25.9. The van der Waals surface area contributed by atoms with Gasteiger partial charge in [0.2, 0.25) is 5.88 Å². The van der Waals surface area contributed by atoms with Crippen molar-refractivity contribution < 1.29 is 23.0 Å². The number of fused-ring (bicyclic) bond motifs is 1. The Morgan fingerprint density at radius 1 is 1.19 bits per heavy atom. The lowest BCUT2D eigenvalue weighted by molar-refractivity contribution is 0.0243. The zero-order valence-electron chi connectivity index (χ0n) is 20.7. The summed E-state index contributed by atoms with van der Waals surface area (Å²) >= 11 is 1.30. The second-order valence-electron chi connectivity index (χ2n) is 9.50. The summed E-state index contributed by atoms with van der Waals surface area (Å²) in [4.78, 5) is 25.0. The number of rotatable bonds is 7. The molecule has 0 unspecified atom stereocenters. The van der Waals surface area contributed by atoms with E-state index in [1.165, 1.54) is 16.3 Å². The number of benzene rings is 1. The number of halogens is 2. The van der Waals surface area contributed by atoms with Gasteiger partial charge in [-0.1, -0.05) is 23.9 Å². The van der Waals surface area contributed by atoms with Gasteiger partial charge >= 0.3 is 6.09 Å². The van der Waals surface area contributed by atoms with E-state index in [2.05, 4.69) is 20.4 Å². The fourth-order valence-electron chi connectivity index (χ4n) is 3.95. The lowest BCUT2D eigenvalue weighted by Crippen LogP contribution is -2.48. The van der Waals surface area contributed by atoms with Crippen LogP contribution in [-0.4, -0.2) is 62.2 Å². The summed E-state index contributed by atoms with van der Waals surface area (Å²) in [6.07, 6.45) is 0.200. The van der Waals surface area contributed by atoms with Crippen LogP contribution in [0.15, 0.2) is 35.5 Å². The summed E-state index contributed by atoms with van der Waals surface area (Å²) < 4.78 is 40.3. The number of aromatic nitrogens is 4. The molecule has 3 aromatic rings. The molecule has 0 aliphatic carbocycles. The maximum Gasteiger partial charge on any atom is 0.422 e. The first kappa shape index (κ1) is 26.1. The van der Waals surface area contributed by atoms with E-state index in [1.807, 2.05) is 32.0 Å². The largest absolute Gasteiger partial charge is 0.477 e. The zero-order valence-corrected chi connectivity index (χ0v) is 21.5. The number of hydrogen-bond acceptors (Lipinski definition) is 8. The maximum absolute atomic E-state index is 13.8. The van der Waals surface area contributed by atoms with Gasteiger partial charge in [0.25, 0.3) is 6.43 Å². The second-order valence-corrected chi connectivity index (χ2v) is 10.3. The van der Waals surface area contributed by atoms with Crippen LogP contribution >= 0.6 is 11.8 Å². The van der Waals surface area contributed by atoms with Crippen LogP contribution in [-0.2, 0) is 4.74 Å². The topological polar surface area (TPSA) is 94.4 Å². The summed E-state index contributed by atoms with van der Waals surface area (Å²) in [6.45, 7) is 7.20. The average Bonchev–Trinajstić information content (AvgIpc) is 3.22. The van der Waals surface area contributed by atoms with Gasteiger partial charge in [-0.15, -0.1) is 0 Å². The Kier molecular flexibility index (Phi) is 7.94. The number of hydrogen-bond donors (Lipinski definition) is 1. The highest BCUT2D eigenvalue weighted by Gasteiger charge is 2.25. The van der Waals surface area contributed by atoms with E-state index in [0.717, 1.165) is 12.8 Å². The predicted octanol–water partition coefficient (Wildman–Crippen LogP) is 5.01. The fourth-order valence-corrected chi connectivity index (χ4v) is 4.31. The minimum atomic E-state index is -2.77. The predicted molar refractivity (Wildman–Crippen MR) is 133 cm³/mol. The van der Waals surface area contributed by atoms with E-state index >= 15 is 0 Å². The Labute approximate surface area is 212 Å². The Morgan fingerprint density at radius 2 is 1.92 bits per heavy atom. The first-order valence-electron chi connectivity index (χ1n) is 11.7. The quantitative estimate of drug-likeness (QED) is 0.343. The highest BCUT2D eigenvalue weighted by Crippen LogP contribution is 2.29. The molecular weight excluding hydrogens is 490 g/mol. The molecule has 0 saturated carbocycles. The normalized spacial score (nSPS) is 15.4. The maximum atomic E-state index is 13.8. The first-order valence-corrected chi connectivity index (χ1v) is 12.9. The Morgan fingerprint density at radius 3 is 2.58 bits per heavy atom. The molecule has 1 fully saturated rings. The number of hydrazine groups is 1. The molecule has 2 aromatic heterocycles. The lowest BCUT2D eigenvalue weighted by atomic mass is 9.99. The average molecular weight is 521 g/mol. The summed E-state index contributed by atoms with van der Waals surface area (Å²) in [5, 5.41) is 2.26. The molecule has 9 nitrogen and oxygen atoms in total. The third-order valence-electron chi connectivity index (χ3n) is 5.59. The molecule has 0 atom stereocenters. The molecular formula is C24H30F2N6O3S. The van der Waals surface area contributed by atoms with Crippen molar-refractivity contribution in [2.75, 3.05) is 26.0 Å². The van der Waals surface area contributed by atoms with Crippen molar-refractivity contribution in [2.45, 2.75) is 50.8 Å². The van der Waals surface area contributed by atoms with E-state index in [0.29, 0.717) is 41.8 Å². The summed E-state index contributed by atoms with van der Waals surface area (Å²) in [6, 6.07) is 8.52. The minimum absolute atomic E-state index is 0.253. The van der Waals surface area contributed by atoms with Crippen molar-refractivity contribution in [3.05, 3.63) is 36.2 Å². The van der Waals surface area contributed by atoms with Crippen molar-refractivity contribution in [3.8, 4) is 11.7 Å². The van der Waals surface area contributed by atoms with Crippen molar-refractivity contribution in [2.24, 2.45) is 5.92 Å². The molecule has 1 aliphatic rings. The van der Waals surface area contributed by atoms with Crippen LogP contribution in [0.1, 0.15) is 45.9 Å². The van der Waals surface area contributed by atoms with Crippen LogP contribution in [0.3, 0.4) is 0 Å². The molecule has 36 heavy (non-hydrogen) atoms. The highest BCUT2D eigenvalue weighted by molar-refractivity contribution is 7.98. The van der Waals surface area contributed by atoms with Gasteiger partial charge in [-0.3, -0.25) is 9.99 Å². The summed E-state index contributed by atoms with van der Waals surface area (Å²) in [7, 11) is 0. The first-order chi connectivity index (χ1) is 17.1. The van der Waals surface area contributed by atoms with Gasteiger partial charge in [-0.2, -0.15) is 4.98 Å². The SMILES string of the molecule is CSc1nc(OCC2CCN(NC(=O)OC(C)(C)C)CC2)cc(-n2c(C(F)F)nc3ccccc32)n1. The molecule has 3 heterocycles. The van der Waals surface area contributed by atoms with Crippen molar-refractivity contribution in [1.82, 2.24) is 30.0 Å².